The van der Waals surface area contributed by atoms with Gasteiger partial charge in [-0.15, -0.1) is 0 Å². The van der Waals surface area contributed by atoms with E-state index in [0.717, 1.165) is 12.1 Å². The van der Waals surface area contributed by atoms with Gasteiger partial charge in [-0.25, -0.2) is 0 Å². The first kappa shape index (κ1) is 13.2. The molecule has 0 aliphatic heterocycles. The minimum Gasteiger partial charge on any atom is -0.507 e. The Balaban J connectivity index is 2.28. The Labute approximate surface area is 114 Å². The van der Waals surface area contributed by atoms with Gasteiger partial charge in [-0.1, -0.05) is 23.7 Å². The lowest BCUT2D eigenvalue weighted by Gasteiger charge is -2.06. The van der Waals surface area contributed by atoms with Crippen molar-refractivity contribution in [3.63, 3.8) is 0 Å². The molecule has 0 saturated heterocycles. The second kappa shape index (κ2) is 5.20. The van der Waals surface area contributed by atoms with Crippen molar-refractivity contribution < 1.29 is 20.1 Å². The Morgan fingerprint density at radius 2 is 1.68 bits per heavy atom. The molecule has 2 aromatic carbocycles. The molecular weight excluding hydrogens is 268 g/mol. The van der Waals surface area contributed by atoms with Gasteiger partial charge in [-0.3, -0.25) is 4.79 Å². The van der Waals surface area contributed by atoms with Crippen LogP contribution in [0.1, 0.15) is 15.9 Å². The molecule has 98 valence electrons. The lowest BCUT2D eigenvalue weighted by atomic mass is 10.0. The highest BCUT2D eigenvalue weighted by Crippen LogP contribution is 2.32. The highest BCUT2D eigenvalue weighted by atomic mass is 35.5. The molecule has 0 aromatic heterocycles. The van der Waals surface area contributed by atoms with Crippen LogP contribution in [-0.4, -0.2) is 21.1 Å². The number of hydrogen-bond acceptors (Lipinski definition) is 4. The zero-order valence-electron chi connectivity index (χ0n) is 9.80. The van der Waals surface area contributed by atoms with Gasteiger partial charge in [0.25, 0.3) is 0 Å². The minimum absolute atomic E-state index is 0.0400. The van der Waals surface area contributed by atoms with Crippen molar-refractivity contribution in [3.05, 3.63) is 52.5 Å². The normalized spacial score (nSPS) is 10.4. The van der Waals surface area contributed by atoms with Gasteiger partial charge in [0.15, 0.2) is 17.3 Å². The van der Waals surface area contributed by atoms with Crippen LogP contribution in [0.2, 0.25) is 5.02 Å². The molecule has 0 unspecified atom stereocenters. The molecule has 0 saturated carbocycles. The van der Waals surface area contributed by atoms with E-state index < -0.39 is 11.5 Å². The zero-order valence-corrected chi connectivity index (χ0v) is 10.6. The molecule has 0 aliphatic rings. The predicted octanol–water partition coefficient (Wildman–Crippen LogP) is 2.88. The third kappa shape index (κ3) is 2.98. The van der Waals surface area contributed by atoms with Crippen LogP contribution in [0.4, 0.5) is 0 Å². The van der Waals surface area contributed by atoms with Gasteiger partial charge in [0.2, 0.25) is 0 Å². The number of hydrogen-bond donors (Lipinski definition) is 3. The first-order valence-corrected chi connectivity index (χ1v) is 5.88. The minimum atomic E-state index is -0.475. The summed E-state index contributed by atoms with van der Waals surface area (Å²) in [5.74, 6) is -1.68. The maximum atomic E-state index is 12.0. The van der Waals surface area contributed by atoms with Crippen LogP contribution >= 0.6 is 11.6 Å². The molecular formula is C14H11ClO4. The third-order valence-electron chi connectivity index (χ3n) is 2.65. The molecule has 0 radical (unpaired) electrons. The molecule has 0 amide bonds. The SMILES string of the molecule is O=C(Cc1cccc(Cl)c1)c1cc(O)c(O)cc1O. The molecule has 5 heteroatoms. The van der Waals surface area contributed by atoms with Gasteiger partial charge < -0.3 is 15.3 Å². The maximum absolute atomic E-state index is 12.0. The van der Waals surface area contributed by atoms with Gasteiger partial charge in [0.05, 0.1) is 5.56 Å². The average Bonchev–Trinajstić information content (AvgIpc) is 2.33. The number of benzene rings is 2. The zero-order chi connectivity index (χ0) is 14.0. The fourth-order valence-electron chi connectivity index (χ4n) is 1.72. The van der Waals surface area contributed by atoms with Gasteiger partial charge in [0, 0.05) is 17.5 Å². The van der Waals surface area contributed by atoms with Crippen molar-refractivity contribution in [1.82, 2.24) is 0 Å². The fourth-order valence-corrected chi connectivity index (χ4v) is 1.93. The highest BCUT2D eigenvalue weighted by Gasteiger charge is 2.15. The van der Waals surface area contributed by atoms with Crippen LogP contribution in [-0.2, 0) is 6.42 Å². The van der Waals surface area contributed by atoms with Gasteiger partial charge in [0.1, 0.15) is 5.75 Å². The van der Waals surface area contributed by atoms with Crippen LogP contribution < -0.4 is 0 Å². The molecule has 0 aliphatic carbocycles. The molecule has 4 nitrogen and oxygen atoms in total. The quantitative estimate of drug-likeness (QED) is 0.458. The third-order valence-corrected chi connectivity index (χ3v) is 2.88. The second-order valence-electron chi connectivity index (χ2n) is 4.09. The first-order valence-electron chi connectivity index (χ1n) is 5.50. The van der Waals surface area contributed by atoms with E-state index in [1.165, 1.54) is 0 Å². The van der Waals surface area contributed by atoms with Crippen molar-refractivity contribution in [2.75, 3.05) is 0 Å². The molecule has 0 bridgehead atoms. The van der Waals surface area contributed by atoms with Crippen molar-refractivity contribution in [2.24, 2.45) is 0 Å². The van der Waals surface area contributed by atoms with Crippen LogP contribution in [0.25, 0.3) is 0 Å². The summed E-state index contributed by atoms with van der Waals surface area (Å²) in [7, 11) is 0. The summed E-state index contributed by atoms with van der Waals surface area (Å²) in [6.45, 7) is 0. The van der Waals surface area contributed by atoms with E-state index in [-0.39, 0.29) is 23.5 Å². The molecule has 2 aromatic rings. The molecule has 19 heavy (non-hydrogen) atoms. The second-order valence-corrected chi connectivity index (χ2v) is 4.52. The standard InChI is InChI=1S/C14H11ClO4/c15-9-3-1-2-8(4-9)5-11(16)10-6-13(18)14(19)7-12(10)17/h1-4,6-7,17-19H,5H2. The molecule has 3 N–H and O–H groups in total. The Kier molecular flexibility index (Phi) is 3.62. The molecule has 0 atom stereocenters. The van der Waals surface area contributed by atoms with Crippen LogP contribution in [0, 0.1) is 0 Å². The summed E-state index contributed by atoms with van der Waals surface area (Å²) in [6.07, 6.45) is 0.0400. The highest BCUT2D eigenvalue weighted by molar-refractivity contribution is 6.30. The lowest BCUT2D eigenvalue weighted by Crippen LogP contribution is -2.03. The summed E-state index contributed by atoms with van der Waals surface area (Å²) in [5, 5.41) is 28.7. The predicted molar refractivity (Wildman–Crippen MR) is 70.9 cm³/mol. The summed E-state index contributed by atoms with van der Waals surface area (Å²) in [4.78, 5) is 12.0. The number of phenolic OH excluding ortho intramolecular Hbond substituents is 3. The van der Waals surface area contributed by atoms with E-state index >= 15 is 0 Å². The number of aromatic hydroxyl groups is 3. The molecule has 2 rings (SSSR count). The van der Waals surface area contributed by atoms with Gasteiger partial charge in [-0.05, 0) is 23.8 Å². The van der Waals surface area contributed by atoms with Crippen molar-refractivity contribution in [3.8, 4) is 17.2 Å². The number of carbonyl (C=O) groups excluding carboxylic acids is 1. The summed E-state index contributed by atoms with van der Waals surface area (Å²) >= 11 is 5.82. The Bertz CT molecular complexity index is 637. The maximum Gasteiger partial charge on any atom is 0.171 e. The smallest absolute Gasteiger partial charge is 0.171 e. The summed E-state index contributed by atoms with van der Waals surface area (Å²) < 4.78 is 0. The Morgan fingerprint density at radius 3 is 2.37 bits per heavy atom. The Morgan fingerprint density at radius 1 is 1.00 bits per heavy atom. The van der Waals surface area contributed by atoms with Crippen LogP contribution in [0.3, 0.4) is 0 Å². The van der Waals surface area contributed by atoms with E-state index in [0.29, 0.717) is 10.6 Å². The largest absolute Gasteiger partial charge is 0.507 e. The van der Waals surface area contributed by atoms with Gasteiger partial charge in [-0.2, -0.15) is 0 Å². The van der Waals surface area contributed by atoms with E-state index in [1.807, 2.05) is 0 Å². The topological polar surface area (TPSA) is 77.8 Å². The average molecular weight is 279 g/mol. The van der Waals surface area contributed by atoms with E-state index in [9.17, 15) is 20.1 Å². The molecule has 0 fully saturated rings. The van der Waals surface area contributed by atoms with E-state index in [4.69, 9.17) is 11.6 Å². The van der Waals surface area contributed by atoms with E-state index in [2.05, 4.69) is 0 Å². The van der Waals surface area contributed by atoms with E-state index in [1.54, 1.807) is 24.3 Å². The lowest BCUT2D eigenvalue weighted by molar-refractivity contribution is 0.0990. The van der Waals surface area contributed by atoms with Crippen LogP contribution in [0.15, 0.2) is 36.4 Å². The number of carbonyl (C=O) groups is 1. The van der Waals surface area contributed by atoms with Crippen molar-refractivity contribution in [2.45, 2.75) is 6.42 Å². The van der Waals surface area contributed by atoms with Crippen molar-refractivity contribution in [1.29, 1.82) is 0 Å². The molecule has 0 heterocycles. The summed E-state index contributed by atoms with van der Waals surface area (Å²) in [5.41, 5.74) is 0.653. The van der Waals surface area contributed by atoms with Crippen molar-refractivity contribution >= 4 is 17.4 Å². The first-order chi connectivity index (χ1) is 8.97. The number of ketones is 1. The Hall–Kier alpha value is -2.20. The number of halogens is 1. The van der Waals surface area contributed by atoms with Crippen LogP contribution in [0.5, 0.6) is 17.2 Å². The van der Waals surface area contributed by atoms with Gasteiger partial charge >= 0.3 is 0 Å². The summed E-state index contributed by atoms with van der Waals surface area (Å²) in [6, 6.07) is 8.77. The number of phenols is 3. The monoisotopic (exact) mass is 278 g/mol. The fraction of sp³-hybridized carbons (Fsp3) is 0.0714. The number of Topliss-reactive ketones (excluding diaryl/α,β-unsaturated/α-hetero) is 1. The molecule has 0 spiro atoms. The number of rotatable bonds is 3.